The van der Waals surface area contributed by atoms with E-state index in [4.69, 9.17) is 21.1 Å². The number of nitrogens with one attached hydrogen (secondary N) is 3. The fourth-order valence-corrected chi connectivity index (χ4v) is 3.96. The molecule has 4 N–H and O–H groups in total. The third-order valence-corrected chi connectivity index (χ3v) is 5.80. The molecule has 0 aliphatic carbocycles. The molecule has 2 aromatic heterocycles. The summed E-state index contributed by atoms with van der Waals surface area (Å²) >= 11 is 6.05. The first-order valence-corrected chi connectivity index (χ1v) is 11.5. The molecule has 4 aromatic rings. The van der Waals surface area contributed by atoms with Crippen LogP contribution >= 0.6 is 11.6 Å². The number of rotatable bonds is 9. The lowest BCUT2D eigenvalue weighted by atomic mass is 10.1. The van der Waals surface area contributed by atoms with Crippen molar-refractivity contribution in [3.8, 4) is 22.8 Å². The average molecular weight is 508 g/mol. The van der Waals surface area contributed by atoms with Gasteiger partial charge >= 0.3 is 0 Å². The fraction of sp³-hybridized carbons (Fsp3) is 0.192. The number of amides is 1. The SMILES string of the molecule is COc1cccc(Nc2ncc(C)c(-c3c[nH]c(C(=O)N[C@H](CO)c4cccc(Cl)c4)c3)n2)c1OC. The number of aliphatic hydroxyl groups excluding tert-OH is 1. The van der Waals surface area contributed by atoms with Gasteiger partial charge in [-0.25, -0.2) is 9.97 Å². The second kappa shape index (κ2) is 11.1. The maximum atomic E-state index is 12.9. The number of para-hydroxylation sites is 1. The maximum Gasteiger partial charge on any atom is 0.268 e. The van der Waals surface area contributed by atoms with Crippen molar-refractivity contribution in [3.63, 3.8) is 0 Å². The minimum Gasteiger partial charge on any atom is -0.493 e. The Hall–Kier alpha value is -4.08. The highest BCUT2D eigenvalue weighted by molar-refractivity contribution is 6.30. The largest absolute Gasteiger partial charge is 0.493 e. The normalized spacial score (nSPS) is 11.6. The number of hydrogen-bond acceptors (Lipinski definition) is 7. The summed E-state index contributed by atoms with van der Waals surface area (Å²) < 4.78 is 10.8. The van der Waals surface area contributed by atoms with Crippen molar-refractivity contribution in [1.29, 1.82) is 0 Å². The number of aromatic amines is 1. The molecule has 1 amide bonds. The van der Waals surface area contributed by atoms with Crippen molar-refractivity contribution in [2.75, 3.05) is 26.1 Å². The Kier molecular flexibility index (Phi) is 7.72. The van der Waals surface area contributed by atoms with E-state index in [-0.39, 0.29) is 12.5 Å². The third-order valence-electron chi connectivity index (χ3n) is 5.56. The molecule has 0 fully saturated rings. The van der Waals surface area contributed by atoms with E-state index in [0.29, 0.717) is 50.7 Å². The lowest BCUT2D eigenvalue weighted by Gasteiger charge is -2.16. The molecule has 9 nitrogen and oxygen atoms in total. The van der Waals surface area contributed by atoms with E-state index < -0.39 is 6.04 Å². The van der Waals surface area contributed by atoms with Crippen molar-refractivity contribution < 1.29 is 19.4 Å². The number of carbonyl (C=O) groups excluding carboxylic acids is 1. The van der Waals surface area contributed by atoms with Crippen LogP contribution in [0, 0.1) is 6.92 Å². The second-order valence-electron chi connectivity index (χ2n) is 7.96. The summed E-state index contributed by atoms with van der Waals surface area (Å²) in [5.74, 6) is 1.10. The fourth-order valence-electron chi connectivity index (χ4n) is 3.76. The smallest absolute Gasteiger partial charge is 0.268 e. The molecule has 4 rings (SSSR count). The van der Waals surface area contributed by atoms with E-state index in [9.17, 15) is 9.90 Å². The van der Waals surface area contributed by atoms with Crippen LogP contribution < -0.4 is 20.1 Å². The molecule has 186 valence electrons. The van der Waals surface area contributed by atoms with Gasteiger partial charge < -0.3 is 30.2 Å². The summed E-state index contributed by atoms with van der Waals surface area (Å²) in [5.41, 5.74) is 3.88. The highest BCUT2D eigenvalue weighted by Crippen LogP contribution is 2.36. The van der Waals surface area contributed by atoms with Gasteiger partial charge in [0.05, 0.1) is 38.2 Å². The molecule has 0 bridgehead atoms. The molecule has 10 heteroatoms. The summed E-state index contributed by atoms with van der Waals surface area (Å²) in [4.78, 5) is 24.9. The number of benzene rings is 2. The zero-order valence-corrected chi connectivity index (χ0v) is 20.8. The predicted octanol–water partition coefficient (Wildman–Crippen LogP) is 4.66. The molecule has 2 aromatic carbocycles. The topological polar surface area (TPSA) is 121 Å². The highest BCUT2D eigenvalue weighted by atomic mass is 35.5. The van der Waals surface area contributed by atoms with Gasteiger partial charge in [0.1, 0.15) is 5.69 Å². The van der Waals surface area contributed by atoms with Gasteiger partial charge in [-0.2, -0.15) is 0 Å². The number of H-pyrrole nitrogens is 1. The van der Waals surface area contributed by atoms with Gasteiger partial charge in [-0.05, 0) is 48.4 Å². The standard InChI is InChI=1S/C26H26ClN5O4/c1-15-12-29-26(31-19-8-5-9-22(35-2)24(19)36-3)32-23(15)17-11-20(28-13-17)25(34)30-21(14-33)16-6-4-7-18(27)10-16/h4-13,21,28,33H,14H2,1-3H3,(H,30,34)(H,29,31,32)/t21-/m1/s1. The molecule has 0 saturated carbocycles. The van der Waals surface area contributed by atoms with Crippen LogP contribution in [0.2, 0.25) is 5.02 Å². The summed E-state index contributed by atoms with van der Waals surface area (Å²) in [6.07, 6.45) is 3.40. The zero-order valence-electron chi connectivity index (χ0n) is 20.0. The van der Waals surface area contributed by atoms with Crippen LogP contribution in [0.4, 0.5) is 11.6 Å². The van der Waals surface area contributed by atoms with E-state index in [1.54, 1.807) is 63.0 Å². The number of aliphatic hydroxyl groups is 1. The van der Waals surface area contributed by atoms with Gasteiger partial charge in [0.15, 0.2) is 11.5 Å². The van der Waals surface area contributed by atoms with Crippen molar-refractivity contribution in [3.05, 3.63) is 82.8 Å². The molecule has 36 heavy (non-hydrogen) atoms. The van der Waals surface area contributed by atoms with Gasteiger partial charge in [-0.15, -0.1) is 0 Å². The zero-order chi connectivity index (χ0) is 25.7. The minimum absolute atomic E-state index is 0.270. The van der Waals surface area contributed by atoms with E-state index >= 15 is 0 Å². The summed E-state index contributed by atoms with van der Waals surface area (Å²) in [6.45, 7) is 1.62. The van der Waals surface area contributed by atoms with E-state index in [2.05, 4.69) is 25.6 Å². The molecule has 2 heterocycles. The molecular formula is C26H26ClN5O4. The molecular weight excluding hydrogens is 482 g/mol. The molecule has 0 saturated heterocycles. The van der Waals surface area contributed by atoms with Crippen LogP contribution in [-0.4, -0.2) is 46.8 Å². The van der Waals surface area contributed by atoms with Crippen molar-refractivity contribution in [1.82, 2.24) is 20.3 Å². The summed E-state index contributed by atoms with van der Waals surface area (Å²) in [5, 5.41) is 16.3. The van der Waals surface area contributed by atoms with E-state index in [0.717, 1.165) is 5.56 Å². The molecule has 0 spiro atoms. The number of aryl methyl sites for hydroxylation is 1. The number of ether oxygens (including phenoxy) is 2. The van der Waals surface area contributed by atoms with Gasteiger partial charge in [0.2, 0.25) is 5.95 Å². The van der Waals surface area contributed by atoms with Crippen LogP contribution in [0.1, 0.15) is 27.7 Å². The Morgan fingerprint density at radius 2 is 1.97 bits per heavy atom. The lowest BCUT2D eigenvalue weighted by Crippen LogP contribution is -2.31. The van der Waals surface area contributed by atoms with Crippen LogP contribution in [0.3, 0.4) is 0 Å². The van der Waals surface area contributed by atoms with E-state index in [1.807, 2.05) is 19.1 Å². The quantitative estimate of drug-likeness (QED) is 0.260. The number of halogens is 1. The van der Waals surface area contributed by atoms with Crippen LogP contribution in [0.25, 0.3) is 11.3 Å². The number of aromatic nitrogens is 3. The van der Waals surface area contributed by atoms with Crippen LogP contribution in [-0.2, 0) is 0 Å². The highest BCUT2D eigenvalue weighted by Gasteiger charge is 2.18. The second-order valence-corrected chi connectivity index (χ2v) is 8.39. The number of carbonyl (C=O) groups is 1. The van der Waals surface area contributed by atoms with Crippen molar-refractivity contribution in [2.45, 2.75) is 13.0 Å². The Bertz CT molecular complexity index is 1370. The third kappa shape index (κ3) is 5.42. The van der Waals surface area contributed by atoms with Gasteiger partial charge in [-0.1, -0.05) is 29.8 Å². The molecule has 0 radical (unpaired) electrons. The first-order valence-electron chi connectivity index (χ1n) is 11.1. The number of anilines is 2. The van der Waals surface area contributed by atoms with Crippen LogP contribution in [0.5, 0.6) is 11.5 Å². The first-order chi connectivity index (χ1) is 17.4. The molecule has 1 atom stereocenters. The Morgan fingerprint density at radius 1 is 1.17 bits per heavy atom. The summed E-state index contributed by atoms with van der Waals surface area (Å²) in [6, 6.07) is 13.6. The van der Waals surface area contributed by atoms with Crippen molar-refractivity contribution >= 4 is 29.1 Å². The average Bonchev–Trinajstić information content (AvgIpc) is 3.38. The van der Waals surface area contributed by atoms with E-state index in [1.165, 1.54) is 0 Å². The Morgan fingerprint density at radius 3 is 2.69 bits per heavy atom. The van der Waals surface area contributed by atoms with Crippen LogP contribution in [0.15, 0.2) is 60.9 Å². The summed E-state index contributed by atoms with van der Waals surface area (Å²) in [7, 11) is 3.13. The Balaban J connectivity index is 1.55. The molecule has 0 aliphatic rings. The van der Waals surface area contributed by atoms with Gasteiger partial charge in [-0.3, -0.25) is 4.79 Å². The minimum atomic E-state index is -0.600. The maximum absolute atomic E-state index is 12.9. The molecule has 0 aliphatic heterocycles. The monoisotopic (exact) mass is 507 g/mol. The molecule has 0 unspecified atom stereocenters. The van der Waals surface area contributed by atoms with Crippen molar-refractivity contribution in [2.24, 2.45) is 0 Å². The first kappa shape index (κ1) is 25.0. The lowest BCUT2D eigenvalue weighted by molar-refractivity contribution is 0.0911. The van der Waals surface area contributed by atoms with Gasteiger partial charge in [0.25, 0.3) is 5.91 Å². The Labute approximate surface area is 213 Å². The number of hydrogen-bond donors (Lipinski definition) is 4. The number of methoxy groups -OCH3 is 2. The van der Waals surface area contributed by atoms with Gasteiger partial charge in [0, 0.05) is 23.0 Å². The predicted molar refractivity (Wildman–Crippen MR) is 138 cm³/mol. The number of nitrogens with zero attached hydrogens (tertiary/aromatic N) is 2.